The Hall–Kier alpha value is -2.78. The number of carboxylic acids is 1. The average Bonchev–Trinajstić information content (AvgIpc) is 2.90. The Kier molecular flexibility index (Phi) is 9.00. The molecule has 224 valence electrons. The largest absolute Gasteiger partial charge is 0.481 e. The maximum absolute atomic E-state index is 14.4. The molecule has 0 saturated carbocycles. The molecule has 0 spiro atoms. The zero-order valence-corrected chi connectivity index (χ0v) is 25.2. The molecule has 1 fully saturated rings. The summed E-state index contributed by atoms with van der Waals surface area (Å²) in [7, 11) is -2.14. The van der Waals surface area contributed by atoms with Crippen molar-refractivity contribution in [3.8, 4) is 5.75 Å². The molecule has 11 heteroatoms. The molecule has 41 heavy (non-hydrogen) atoms. The van der Waals surface area contributed by atoms with E-state index in [2.05, 4.69) is 5.32 Å². The molecular formula is C30H39F2N2O6P. The third-order valence-electron chi connectivity index (χ3n) is 8.20. The number of likely N-dealkylation sites (N-methyl/N-ethyl adjacent to an activating group) is 1. The van der Waals surface area contributed by atoms with Crippen LogP contribution in [0.15, 0.2) is 65.6 Å². The lowest BCUT2D eigenvalue weighted by molar-refractivity contribution is -0.147. The fraction of sp³-hybridized carbons (Fsp3) is 0.500. The molecule has 4 unspecified atom stereocenters. The van der Waals surface area contributed by atoms with E-state index in [1.807, 2.05) is 63.1 Å². The minimum Gasteiger partial charge on any atom is -0.481 e. The van der Waals surface area contributed by atoms with Gasteiger partial charge in [0.1, 0.15) is 5.75 Å². The second-order valence-electron chi connectivity index (χ2n) is 11.9. The van der Waals surface area contributed by atoms with Crippen molar-refractivity contribution in [2.45, 2.75) is 65.3 Å². The zero-order valence-electron chi connectivity index (χ0n) is 24.3. The second kappa shape index (κ2) is 11.8. The Morgan fingerprint density at radius 2 is 1.71 bits per heavy atom. The number of ether oxygens (including phenoxy) is 1. The second-order valence-corrected chi connectivity index (χ2v) is 13.9. The summed E-state index contributed by atoms with van der Waals surface area (Å²) < 4.78 is 58.1. The highest BCUT2D eigenvalue weighted by Crippen LogP contribution is 2.68. The summed E-state index contributed by atoms with van der Waals surface area (Å²) in [5.41, 5.74) is 0.0768. The van der Waals surface area contributed by atoms with Crippen LogP contribution in [0.1, 0.15) is 51.7 Å². The first-order valence-electron chi connectivity index (χ1n) is 13.6. The van der Waals surface area contributed by atoms with Gasteiger partial charge in [-0.05, 0) is 39.4 Å². The maximum Gasteiger partial charge on any atom is 0.387 e. The first-order valence-corrected chi connectivity index (χ1v) is 15.1. The molecule has 2 aliphatic rings. The molecule has 0 aromatic heterocycles. The van der Waals surface area contributed by atoms with Crippen LogP contribution in [0.4, 0.5) is 8.78 Å². The molecule has 0 radical (unpaired) electrons. The number of carboxylic acid groups (broad SMARTS) is 1. The quantitative estimate of drug-likeness (QED) is 0.321. The number of alkyl halides is 2. The van der Waals surface area contributed by atoms with Crippen LogP contribution in [0.3, 0.4) is 0 Å². The lowest BCUT2D eigenvalue weighted by Gasteiger charge is -2.52. The van der Waals surface area contributed by atoms with E-state index in [4.69, 9.17) is 13.8 Å². The SMILES string of the molecule is CC1=C(P2(=O)OCC(C)(C)CO2)C(c2ccccc2OC(F)F)C(C(=O)O)C(C)(C(C)N(C)Cc2ccccc2)N1. The third kappa shape index (κ3) is 6.36. The predicted octanol–water partition coefficient (Wildman–Crippen LogP) is 6.45. The molecule has 1 saturated heterocycles. The maximum atomic E-state index is 14.4. The van der Waals surface area contributed by atoms with E-state index in [-0.39, 0.29) is 35.9 Å². The molecule has 4 atom stereocenters. The van der Waals surface area contributed by atoms with Crippen molar-refractivity contribution in [1.82, 2.24) is 10.2 Å². The summed E-state index contributed by atoms with van der Waals surface area (Å²) in [5, 5.41) is 14.3. The molecule has 4 rings (SSSR count). The van der Waals surface area contributed by atoms with Crippen molar-refractivity contribution in [2.75, 3.05) is 20.3 Å². The van der Waals surface area contributed by atoms with Crippen LogP contribution in [0, 0.1) is 11.3 Å². The van der Waals surface area contributed by atoms with Gasteiger partial charge in [-0.3, -0.25) is 14.3 Å². The molecular weight excluding hydrogens is 553 g/mol. The standard InChI is InChI=1S/C30H39F2N2O6P/c1-19-26(41(37)38-17-29(3,4)18-39-41)24(22-14-10-11-15-23(22)40-28(31)32)25(27(35)36)30(5,33-19)20(2)34(6)16-21-12-8-7-9-13-21/h7-15,20,24-25,28,33H,16-18H2,1-6H3,(H,35,36). The topological polar surface area (TPSA) is 97.3 Å². The molecule has 2 aliphatic heterocycles. The van der Waals surface area contributed by atoms with Gasteiger partial charge in [0.05, 0.1) is 30.0 Å². The first-order chi connectivity index (χ1) is 19.2. The minimum atomic E-state index is -4.05. The van der Waals surface area contributed by atoms with Gasteiger partial charge in [0.25, 0.3) is 0 Å². The fourth-order valence-corrected chi connectivity index (χ4v) is 8.38. The van der Waals surface area contributed by atoms with Crippen LogP contribution < -0.4 is 10.1 Å². The smallest absolute Gasteiger partial charge is 0.387 e. The fourth-order valence-electron chi connectivity index (χ4n) is 5.89. The molecule has 0 aliphatic carbocycles. The predicted molar refractivity (Wildman–Crippen MR) is 152 cm³/mol. The number of halogens is 2. The molecule has 0 amide bonds. The number of rotatable bonds is 9. The number of nitrogens with one attached hydrogen (secondary N) is 1. The lowest BCUT2D eigenvalue weighted by Crippen LogP contribution is -2.65. The van der Waals surface area contributed by atoms with Crippen molar-refractivity contribution in [1.29, 1.82) is 0 Å². The molecule has 8 nitrogen and oxygen atoms in total. The van der Waals surface area contributed by atoms with Crippen molar-refractivity contribution >= 4 is 13.6 Å². The van der Waals surface area contributed by atoms with Crippen LogP contribution in [-0.2, 0) is 25.0 Å². The van der Waals surface area contributed by atoms with Crippen molar-refractivity contribution in [3.05, 3.63) is 76.7 Å². The summed E-state index contributed by atoms with van der Waals surface area (Å²) in [6, 6.07) is 15.4. The van der Waals surface area contributed by atoms with Crippen molar-refractivity contribution < 1.29 is 37.0 Å². The van der Waals surface area contributed by atoms with Gasteiger partial charge in [0, 0.05) is 35.2 Å². The van der Waals surface area contributed by atoms with E-state index in [1.165, 1.54) is 18.2 Å². The van der Waals surface area contributed by atoms with Crippen molar-refractivity contribution in [2.24, 2.45) is 11.3 Å². The summed E-state index contributed by atoms with van der Waals surface area (Å²) in [6.07, 6.45) is 0. The Bertz CT molecular complexity index is 1320. The summed E-state index contributed by atoms with van der Waals surface area (Å²) in [5.74, 6) is -3.81. The van der Waals surface area contributed by atoms with Crippen LogP contribution in [0.5, 0.6) is 5.75 Å². The third-order valence-corrected chi connectivity index (χ3v) is 10.3. The highest BCUT2D eigenvalue weighted by atomic mass is 31.2. The number of allylic oxidation sites excluding steroid dienone is 2. The lowest BCUT2D eigenvalue weighted by atomic mass is 9.67. The first kappa shape index (κ1) is 31.2. The van der Waals surface area contributed by atoms with Crippen LogP contribution >= 0.6 is 7.60 Å². The Morgan fingerprint density at radius 1 is 1.12 bits per heavy atom. The van der Waals surface area contributed by atoms with Gasteiger partial charge in [0.2, 0.25) is 0 Å². The molecule has 2 heterocycles. The Morgan fingerprint density at radius 3 is 2.29 bits per heavy atom. The minimum absolute atomic E-state index is 0.112. The summed E-state index contributed by atoms with van der Waals surface area (Å²) in [4.78, 5) is 15.3. The molecule has 2 N–H and O–H groups in total. The van der Waals surface area contributed by atoms with Gasteiger partial charge in [-0.2, -0.15) is 8.78 Å². The van der Waals surface area contributed by atoms with E-state index in [1.54, 1.807) is 19.9 Å². The summed E-state index contributed by atoms with van der Waals surface area (Å²) in [6.45, 7) is 6.86. The molecule has 2 aromatic carbocycles. The Balaban J connectivity index is 1.89. The van der Waals surface area contributed by atoms with Gasteiger partial charge < -0.3 is 24.2 Å². The monoisotopic (exact) mass is 592 g/mol. The summed E-state index contributed by atoms with van der Waals surface area (Å²) >= 11 is 0. The molecule has 2 aromatic rings. The zero-order chi connectivity index (χ0) is 30.2. The number of para-hydroxylation sites is 1. The molecule has 0 bridgehead atoms. The number of hydrogen-bond acceptors (Lipinski definition) is 7. The van der Waals surface area contributed by atoms with Gasteiger partial charge in [-0.15, -0.1) is 0 Å². The van der Waals surface area contributed by atoms with Gasteiger partial charge in [0.15, 0.2) is 0 Å². The Labute approximate surface area is 240 Å². The van der Waals surface area contributed by atoms with E-state index in [9.17, 15) is 23.2 Å². The van der Waals surface area contributed by atoms with E-state index in [0.717, 1.165) is 5.56 Å². The highest BCUT2D eigenvalue weighted by molar-refractivity contribution is 7.58. The normalized spacial score (nSPS) is 26.5. The van der Waals surface area contributed by atoms with Gasteiger partial charge >= 0.3 is 20.2 Å². The van der Waals surface area contributed by atoms with Crippen molar-refractivity contribution in [3.63, 3.8) is 0 Å². The van der Waals surface area contributed by atoms with E-state index in [0.29, 0.717) is 12.2 Å². The number of hydrogen-bond donors (Lipinski definition) is 2. The van der Waals surface area contributed by atoms with Gasteiger partial charge in [-0.25, -0.2) is 0 Å². The number of carbonyl (C=O) groups is 1. The number of aliphatic carboxylic acids is 1. The van der Waals surface area contributed by atoms with Crippen LogP contribution in [0.25, 0.3) is 0 Å². The van der Waals surface area contributed by atoms with E-state index < -0.39 is 43.0 Å². The van der Waals surface area contributed by atoms with Gasteiger partial charge in [-0.1, -0.05) is 62.4 Å². The number of nitrogens with zero attached hydrogens (tertiary/aromatic N) is 1. The number of benzene rings is 2. The average molecular weight is 593 g/mol. The van der Waals surface area contributed by atoms with Crippen LogP contribution in [-0.4, -0.2) is 54.4 Å². The van der Waals surface area contributed by atoms with Crippen LogP contribution in [0.2, 0.25) is 0 Å². The van der Waals surface area contributed by atoms with E-state index >= 15 is 0 Å². The highest BCUT2D eigenvalue weighted by Gasteiger charge is 2.58.